The van der Waals surface area contributed by atoms with Crippen molar-refractivity contribution in [1.29, 1.82) is 0 Å². The number of rotatable bonds is 10. The quantitative estimate of drug-likeness (QED) is 0.231. The number of hydrogen-bond donors (Lipinski definition) is 1. The topological polar surface area (TPSA) is 141 Å². The number of aromatic nitrogens is 1. The lowest BCUT2D eigenvalue weighted by atomic mass is 9.85. The van der Waals surface area contributed by atoms with Crippen molar-refractivity contribution in [2.75, 3.05) is 13.7 Å². The van der Waals surface area contributed by atoms with E-state index in [9.17, 15) is 24.0 Å². The SMILES string of the molecule is COC(=O)C(c1ccccc1)C1CCCCN1C(=O)OC[n+]1cccc(C(=O)NC(CC(=O)OC(C)(C)C)C(=O)OC(C)(C)C)c1. The largest absolute Gasteiger partial charge is 0.468 e. The minimum atomic E-state index is -1.29. The first-order chi connectivity index (χ1) is 21.6. The molecule has 1 aromatic heterocycles. The number of pyridine rings is 1. The van der Waals surface area contributed by atoms with Crippen LogP contribution in [0.5, 0.6) is 0 Å². The number of hydrogen-bond acceptors (Lipinski definition) is 9. The third-order valence-corrected chi connectivity index (χ3v) is 7.03. The van der Waals surface area contributed by atoms with Crippen LogP contribution < -0.4 is 9.88 Å². The Morgan fingerprint density at radius 3 is 2.22 bits per heavy atom. The van der Waals surface area contributed by atoms with Gasteiger partial charge in [0.2, 0.25) is 0 Å². The fourth-order valence-electron chi connectivity index (χ4n) is 5.14. The van der Waals surface area contributed by atoms with Crippen LogP contribution >= 0.6 is 0 Å². The van der Waals surface area contributed by atoms with Crippen LogP contribution in [0.2, 0.25) is 0 Å². The van der Waals surface area contributed by atoms with Gasteiger partial charge in [0, 0.05) is 12.6 Å². The first-order valence-electron chi connectivity index (χ1n) is 15.4. The average Bonchev–Trinajstić information content (AvgIpc) is 2.98. The summed E-state index contributed by atoms with van der Waals surface area (Å²) >= 11 is 0. The molecule has 0 spiro atoms. The molecule has 0 aliphatic carbocycles. The number of carbonyl (C=O) groups is 5. The van der Waals surface area contributed by atoms with Crippen molar-refractivity contribution in [2.24, 2.45) is 0 Å². The molecule has 0 bridgehead atoms. The number of benzene rings is 1. The van der Waals surface area contributed by atoms with E-state index in [1.54, 1.807) is 58.7 Å². The minimum Gasteiger partial charge on any atom is -0.468 e. The van der Waals surface area contributed by atoms with Crippen molar-refractivity contribution in [2.45, 2.75) is 103 Å². The highest BCUT2D eigenvalue weighted by Gasteiger charge is 2.39. The van der Waals surface area contributed by atoms with E-state index in [1.807, 2.05) is 30.3 Å². The maximum absolute atomic E-state index is 13.3. The summed E-state index contributed by atoms with van der Waals surface area (Å²) in [4.78, 5) is 66.4. The maximum atomic E-state index is 13.3. The smallest absolute Gasteiger partial charge is 0.414 e. The Balaban J connectivity index is 1.72. The minimum absolute atomic E-state index is 0.155. The average molecular weight is 641 g/mol. The van der Waals surface area contributed by atoms with Crippen LogP contribution in [-0.4, -0.2) is 71.7 Å². The zero-order valence-corrected chi connectivity index (χ0v) is 27.7. The van der Waals surface area contributed by atoms with Crippen molar-refractivity contribution in [1.82, 2.24) is 10.2 Å². The summed E-state index contributed by atoms with van der Waals surface area (Å²) in [5, 5.41) is 2.58. The van der Waals surface area contributed by atoms with Crippen molar-refractivity contribution >= 4 is 29.9 Å². The van der Waals surface area contributed by atoms with Gasteiger partial charge in [-0.2, -0.15) is 4.57 Å². The molecular weight excluding hydrogens is 594 g/mol. The van der Waals surface area contributed by atoms with Crippen molar-refractivity contribution in [3.05, 3.63) is 66.0 Å². The molecule has 1 fully saturated rings. The monoisotopic (exact) mass is 640 g/mol. The summed E-state index contributed by atoms with van der Waals surface area (Å²) in [6, 6.07) is 10.6. The zero-order valence-electron chi connectivity index (χ0n) is 27.7. The van der Waals surface area contributed by atoms with Crippen LogP contribution in [-0.2, 0) is 40.1 Å². The van der Waals surface area contributed by atoms with E-state index in [2.05, 4.69) is 5.32 Å². The van der Waals surface area contributed by atoms with E-state index in [4.69, 9.17) is 18.9 Å². The molecule has 0 saturated carbocycles. The molecule has 2 aromatic rings. The molecule has 1 aliphatic heterocycles. The molecule has 3 atom stereocenters. The van der Waals surface area contributed by atoms with Crippen LogP contribution in [0.1, 0.15) is 89.1 Å². The highest BCUT2D eigenvalue weighted by atomic mass is 16.6. The molecule has 1 N–H and O–H groups in total. The van der Waals surface area contributed by atoms with Crippen LogP contribution in [0.15, 0.2) is 54.9 Å². The van der Waals surface area contributed by atoms with Crippen LogP contribution in [0.3, 0.4) is 0 Å². The van der Waals surface area contributed by atoms with Gasteiger partial charge in [0.15, 0.2) is 12.4 Å². The first kappa shape index (κ1) is 36.0. The standard InChI is InChI=1S/C34H45N3O9/c1-33(2,3)45-27(38)20-25(30(40)46-34(4,5)6)35-29(39)24-16-13-18-36(21-24)22-44-32(42)37-19-12-11-17-26(37)28(31(41)43-7)23-14-9-8-10-15-23/h8-10,13-16,18,21,25-26,28H,11-12,17,19-20,22H2,1-7H3/p+1. The molecule has 3 rings (SSSR count). The normalized spacial score (nSPS) is 16.4. The number of methoxy groups -OCH3 is 1. The zero-order chi connectivity index (χ0) is 34.1. The molecule has 0 radical (unpaired) electrons. The van der Waals surface area contributed by atoms with Crippen molar-refractivity contribution < 1.29 is 47.5 Å². The van der Waals surface area contributed by atoms with Gasteiger partial charge < -0.3 is 29.2 Å². The second-order valence-corrected chi connectivity index (χ2v) is 13.2. The highest BCUT2D eigenvalue weighted by molar-refractivity contribution is 5.97. The number of piperidine rings is 1. The fourth-order valence-corrected chi connectivity index (χ4v) is 5.14. The van der Waals surface area contributed by atoms with E-state index in [0.29, 0.717) is 13.0 Å². The lowest BCUT2D eigenvalue weighted by Crippen LogP contribution is -2.50. The van der Waals surface area contributed by atoms with Crippen LogP contribution in [0.25, 0.3) is 0 Å². The molecule has 46 heavy (non-hydrogen) atoms. The lowest BCUT2D eigenvalue weighted by Gasteiger charge is -2.38. The molecule has 12 heteroatoms. The Morgan fingerprint density at radius 1 is 0.913 bits per heavy atom. The first-order valence-corrected chi connectivity index (χ1v) is 15.4. The predicted molar refractivity (Wildman–Crippen MR) is 166 cm³/mol. The predicted octanol–water partition coefficient (Wildman–Crippen LogP) is 4.05. The van der Waals surface area contributed by atoms with E-state index in [-0.39, 0.29) is 12.3 Å². The van der Waals surface area contributed by atoms with Crippen molar-refractivity contribution in [3.63, 3.8) is 0 Å². The van der Waals surface area contributed by atoms with Gasteiger partial charge in [-0.3, -0.25) is 14.4 Å². The third-order valence-electron chi connectivity index (χ3n) is 7.03. The molecule has 1 aromatic carbocycles. The number of nitrogens with one attached hydrogen (secondary N) is 1. The van der Waals surface area contributed by atoms with Crippen LogP contribution in [0, 0.1) is 0 Å². The number of nitrogens with zero attached hydrogens (tertiary/aromatic N) is 2. The highest BCUT2D eigenvalue weighted by Crippen LogP contribution is 2.32. The maximum Gasteiger partial charge on any atom is 0.414 e. The number of ether oxygens (including phenoxy) is 4. The van der Waals surface area contributed by atoms with Gasteiger partial charge in [-0.15, -0.1) is 0 Å². The van der Waals surface area contributed by atoms with Gasteiger partial charge in [-0.1, -0.05) is 30.3 Å². The second-order valence-electron chi connectivity index (χ2n) is 13.2. The van der Waals surface area contributed by atoms with E-state index >= 15 is 0 Å². The Kier molecular flexibility index (Phi) is 12.3. The summed E-state index contributed by atoms with van der Waals surface area (Å²) in [6.45, 7) is 10.4. The molecular formula is C34H46N3O9+. The summed E-state index contributed by atoms with van der Waals surface area (Å²) < 4.78 is 23.0. The van der Waals surface area contributed by atoms with Gasteiger partial charge in [0.1, 0.15) is 28.7 Å². The Bertz CT molecular complexity index is 1380. The number of esters is 3. The number of amides is 2. The fraction of sp³-hybridized carbons (Fsp3) is 0.529. The molecule has 1 aliphatic rings. The van der Waals surface area contributed by atoms with Gasteiger partial charge in [-0.05, 0) is 72.4 Å². The van der Waals surface area contributed by atoms with Gasteiger partial charge in [0.25, 0.3) is 12.6 Å². The Labute approximate surface area is 270 Å². The van der Waals surface area contributed by atoms with Gasteiger partial charge >= 0.3 is 24.0 Å². The molecule has 2 amide bonds. The van der Waals surface area contributed by atoms with Crippen molar-refractivity contribution in [3.8, 4) is 0 Å². The summed E-state index contributed by atoms with van der Waals surface area (Å²) in [6.07, 6.45) is 4.27. The Morgan fingerprint density at radius 2 is 1.59 bits per heavy atom. The van der Waals surface area contributed by atoms with Crippen LogP contribution in [0.4, 0.5) is 4.79 Å². The number of likely N-dealkylation sites (tertiary alicyclic amines) is 1. The van der Waals surface area contributed by atoms with E-state index in [0.717, 1.165) is 18.4 Å². The Hall–Kier alpha value is -4.48. The third kappa shape index (κ3) is 10.8. The summed E-state index contributed by atoms with van der Waals surface area (Å²) in [5.41, 5.74) is -0.720. The molecule has 2 heterocycles. The molecule has 12 nitrogen and oxygen atoms in total. The molecule has 250 valence electrons. The molecule has 3 unspecified atom stereocenters. The summed E-state index contributed by atoms with van der Waals surface area (Å²) in [7, 11) is 1.33. The lowest BCUT2D eigenvalue weighted by molar-refractivity contribution is -0.727. The summed E-state index contributed by atoms with van der Waals surface area (Å²) in [5.74, 6) is -3.18. The van der Waals surface area contributed by atoms with Gasteiger partial charge in [-0.25, -0.2) is 9.59 Å². The van der Waals surface area contributed by atoms with E-state index < -0.39 is 65.5 Å². The molecule has 1 saturated heterocycles. The number of carbonyl (C=O) groups excluding carboxylic acids is 5. The second kappa shape index (κ2) is 15.7. The van der Waals surface area contributed by atoms with E-state index in [1.165, 1.54) is 23.9 Å². The van der Waals surface area contributed by atoms with Gasteiger partial charge in [0.05, 0.1) is 19.6 Å².